The molecular weight excluding hydrogens is 392 g/mol. The van der Waals surface area contributed by atoms with E-state index < -0.39 is 0 Å². The first-order valence-electron chi connectivity index (χ1n) is 10.7. The monoisotopic (exact) mass is 418 g/mol. The molecule has 4 rings (SSSR count). The maximum atomic E-state index is 12.6. The Morgan fingerprint density at radius 1 is 1.00 bits per heavy atom. The van der Waals surface area contributed by atoms with Crippen molar-refractivity contribution in [1.82, 2.24) is 9.97 Å². The van der Waals surface area contributed by atoms with Crippen LogP contribution >= 0.6 is 0 Å². The van der Waals surface area contributed by atoms with Crippen molar-refractivity contribution in [2.75, 3.05) is 29.9 Å². The van der Waals surface area contributed by atoms with Gasteiger partial charge in [0.15, 0.2) is 17.4 Å². The highest BCUT2D eigenvalue weighted by Gasteiger charge is 2.20. The van der Waals surface area contributed by atoms with Crippen molar-refractivity contribution in [3.05, 3.63) is 54.1 Å². The average molecular weight is 418 g/mol. The Kier molecular flexibility index (Phi) is 6.40. The first-order valence-corrected chi connectivity index (χ1v) is 10.7. The van der Waals surface area contributed by atoms with Crippen LogP contribution in [-0.4, -0.2) is 41.4 Å². The topological polar surface area (TPSA) is 84.4 Å². The van der Waals surface area contributed by atoms with Crippen molar-refractivity contribution in [3.8, 4) is 5.75 Å². The summed E-state index contributed by atoms with van der Waals surface area (Å²) in [5.41, 5.74) is 2.24. The molecule has 0 aliphatic carbocycles. The predicted molar refractivity (Wildman–Crippen MR) is 121 cm³/mol. The van der Waals surface area contributed by atoms with Crippen LogP contribution in [0, 0.1) is 0 Å². The number of nitrogens with one attached hydrogen (secondary N) is 1. The number of amides is 1. The number of carbonyl (C=O) groups is 2. The minimum atomic E-state index is -0.111. The van der Waals surface area contributed by atoms with E-state index in [0.29, 0.717) is 36.6 Å². The van der Waals surface area contributed by atoms with Crippen molar-refractivity contribution in [3.63, 3.8) is 0 Å². The molecule has 1 amide bonds. The van der Waals surface area contributed by atoms with E-state index in [4.69, 9.17) is 9.72 Å². The van der Waals surface area contributed by atoms with Gasteiger partial charge < -0.3 is 15.0 Å². The molecule has 0 bridgehead atoms. The number of carbonyl (C=O) groups excluding carboxylic acids is 2. The fourth-order valence-electron chi connectivity index (χ4n) is 3.63. The van der Waals surface area contributed by atoms with Crippen LogP contribution < -0.4 is 15.0 Å². The quantitative estimate of drug-likeness (QED) is 0.435. The highest BCUT2D eigenvalue weighted by Crippen LogP contribution is 2.28. The van der Waals surface area contributed by atoms with Gasteiger partial charge in [0.1, 0.15) is 5.75 Å². The van der Waals surface area contributed by atoms with Crippen LogP contribution in [0.25, 0.3) is 11.0 Å². The zero-order chi connectivity index (χ0) is 21.6. The van der Waals surface area contributed by atoms with Crippen LogP contribution in [-0.2, 0) is 4.79 Å². The van der Waals surface area contributed by atoms with Gasteiger partial charge >= 0.3 is 0 Å². The molecule has 0 unspecified atom stereocenters. The maximum absolute atomic E-state index is 12.6. The van der Waals surface area contributed by atoms with Gasteiger partial charge in [-0.2, -0.15) is 0 Å². The number of Topliss-reactive ketones (excluding diaryl/α,β-unsaturated/α-hetero) is 1. The number of ketones is 1. The third-order valence-electron chi connectivity index (χ3n) is 5.29. The van der Waals surface area contributed by atoms with Crippen LogP contribution in [0.2, 0.25) is 0 Å². The lowest BCUT2D eigenvalue weighted by Crippen LogP contribution is -2.23. The normalized spacial score (nSPS) is 13.4. The summed E-state index contributed by atoms with van der Waals surface area (Å²) in [4.78, 5) is 35.5. The number of benzene rings is 2. The zero-order valence-corrected chi connectivity index (χ0v) is 17.6. The van der Waals surface area contributed by atoms with E-state index >= 15 is 0 Å². The smallest absolute Gasteiger partial charge is 0.225 e. The summed E-state index contributed by atoms with van der Waals surface area (Å²) < 4.78 is 5.68. The predicted octanol–water partition coefficient (Wildman–Crippen LogP) is 4.23. The third-order valence-corrected chi connectivity index (χ3v) is 5.29. The van der Waals surface area contributed by atoms with E-state index in [1.165, 1.54) is 6.92 Å². The molecule has 3 aromatic rings. The Morgan fingerprint density at radius 3 is 2.35 bits per heavy atom. The van der Waals surface area contributed by atoms with Gasteiger partial charge in [-0.3, -0.25) is 9.59 Å². The lowest BCUT2D eigenvalue weighted by atomic mass is 10.1. The number of para-hydroxylation sites is 2. The minimum absolute atomic E-state index is 0.0216. The Balaban J connectivity index is 1.35. The van der Waals surface area contributed by atoms with Crippen molar-refractivity contribution >= 4 is 34.4 Å². The first-order chi connectivity index (χ1) is 15.1. The average Bonchev–Trinajstić information content (AvgIpc) is 3.31. The van der Waals surface area contributed by atoms with Gasteiger partial charge in [0.2, 0.25) is 5.91 Å². The molecule has 1 aliphatic rings. The van der Waals surface area contributed by atoms with E-state index in [0.717, 1.165) is 42.8 Å². The van der Waals surface area contributed by atoms with Gasteiger partial charge in [-0.25, -0.2) is 9.97 Å². The van der Waals surface area contributed by atoms with E-state index in [-0.39, 0.29) is 11.7 Å². The van der Waals surface area contributed by atoms with Crippen molar-refractivity contribution < 1.29 is 14.3 Å². The van der Waals surface area contributed by atoms with Crippen LogP contribution in [0.4, 0.5) is 11.6 Å². The molecule has 0 radical (unpaired) electrons. The molecule has 160 valence electrons. The van der Waals surface area contributed by atoms with Crippen LogP contribution in [0.1, 0.15) is 43.0 Å². The third kappa shape index (κ3) is 5.17. The first kappa shape index (κ1) is 20.8. The van der Waals surface area contributed by atoms with Gasteiger partial charge in [-0.05, 0) is 62.6 Å². The Hall–Kier alpha value is -3.48. The van der Waals surface area contributed by atoms with Crippen LogP contribution in [0.5, 0.6) is 5.75 Å². The fraction of sp³-hybridized carbons (Fsp3) is 0.333. The molecule has 1 N–H and O–H groups in total. The summed E-state index contributed by atoms with van der Waals surface area (Å²) in [7, 11) is 0. The minimum Gasteiger partial charge on any atom is -0.494 e. The summed E-state index contributed by atoms with van der Waals surface area (Å²) in [5, 5.41) is 2.95. The number of nitrogens with zero attached hydrogens (tertiary/aromatic N) is 3. The second-order valence-electron chi connectivity index (χ2n) is 7.66. The summed E-state index contributed by atoms with van der Waals surface area (Å²) in [6, 6.07) is 14.7. The molecule has 0 saturated carbocycles. The molecule has 2 aromatic carbocycles. The molecular formula is C24H26N4O3. The van der Waals surface area contributed by atoms with Crippen molar-refractivity contribution in [2.45, 2.75) is 32.6 Å². The molecule has 1 fully saturated rings. The largest absolute Gasteiger partial charge is 0.494 e. The zero-order valence-electron chi connectivity index (χ0n) is 17.6. The van der Waals surface area contributed by atoms with Crippen LogP contribution in [0.3, 0.4) is 0 Å². The summed E-state index contributed by atoms with van der Waals surface area (Å²) in [5.74, 6) is 1.86. The number of hydrogen-bond acceptors (Lipinski definition) is 6. The van der Waals surface area contributed by atoms with E-state index in [2.05, 4.69) is 15.2 Å². The summed E-state index contributed by atoms with van der Waals surface area (Å²) in [6.45, 7) is 3.79. The summed E-state index contributed by atoms with van der Waals surface area (Å²) in [6.07, 6.45) is 3.12. The van der Waals surface area contributed by atoms with E-state index in [1.807, 2.05) is 24.3 Å². The standard InChI is InChI=1S/C24H26N4O3/c1-17(29)18-10-12-19(13-11-18)31-16-6-9-22(30)27-23-24(28-14-4-5-15-28)26-21-8-3-2-7-20(21)25-23/h2-3,7-8,10-13H,4-6,9,14-16H2,1H3,(H,25,27,30). The molecule has 0 spiro atoms. The lowest BCUT2D eigenvalue weighted by molar-refractivity contribution is -0.116. The highest BCUT2D eigenvalue weighted by molar-refractivity contribution is 5.94. The van der Waals surface area contributed by atoms with Gasteiger partial charge in [-0.15, -0.1) is 0 Å². The van der Waals surface area contributed by atoms with Crippen molar-refractivity contribution in [2.24, 2.45) is 0 Å². The second-order valence-corrected chi connectivity index (χ2v) is 7.66. The molecule has 7 nitrogen and oxygen atoms in total. The SMILES string of the molecule is CC(=O)c1ccc(OCCCC(=O)Nc2nc3ccccc3nc2N2CCCC2)cc1. The molecule has 0 atom stereocenters. The number of hydrogen-bond donors (Lipinski definition) is 1. The number of rotatable bonds is 8. The van der Waals surface area contributed by atoms with E-state index in [9.17, 15) is 9.59 Å². The molecule has 1 aliphatic heterocycles. The number of aromatic nitrogens is 2. The van der Waals surface area contributed by atoms with Gasteiger partial charge in [0, 0.05) is 25.1 Å². The highest BCUT2D eigenvalue weighted by atomic mass is 16.5. The van der Waals surface area contributed by atoms with Crippen LogP contribution in [0.15, 0.2) is 48.5 Å². The maximum Gasteiger partial charge on any atom is 0.225 e. The lowest BCUT2D eigenvalue weighted by Gasteiger charge is -2.20. The number of ether oxygens (including phenoxy) is 1. The van der Waals surface area contributed by atoms with Gasteiger partial charge in [0.05, 0.1) is 17.6 Å². The van der Waals surface area contributed by atoms with Gasteiger partial charge in [0.25, 0.3) is 0 Å². The Morgan fingerprint density at radius 2 is 1.68 bits per heavy atom. The molecule has 2 heterocycles. The second kappa shape index (κ2) is 9.55. The molecule has 1 aromatic heterocycles. The Bertz CT molecular complexity index is 1080. The number of fused-ring (bicyclic) bond motifs is 1. The van der Waals surface area contributed by atoms with E-state index in [1.54, 1.807) is 24.3 Å². The molecule has 7 heteroatoms. The summed E-state index contributed by atoms with van der Waals surface area (Å²) >= 11 is 0. The number of anilines is 2. The molecule has 1 saturated heterocycles. The fourth-order valence-corrected chi connectivity index (χ4v) is 3.63. The molecule has 31 heavy (non-hydrogen) atoms. The Labute approximate surface area is 181 Å². The van der Waals surface area contributed by atoms with Crippen molar-refractivity contribution in [1.29, 1.82) is 0 Å². The van der Waals surface area contributed by atoms with Gasteiger partial charge in [-0.1, -0.05) is 12.1 Å².